The first kappa shape index (κ1) is 12.3. The molecule has 17 heavy (non-hydrogen) atoms. The van der Waals surface area contributed by atoms with Crippen LogP contribution in [0.15, 0.2) is 18.3 Å². The number of halogens is 1. The Labute approximate surface area is 109 Å². The number of aromatic nitrogens is 2. The first-order chi connectivity index (χ1) is 8.00. The number of aryl methyl sites for hydroxylation is 1. The number of thiophene rings is 1. The summed E-state index contributed by atoms with van der Waals surface area (Å²) in [7, 11) is 0. The number of hydrogen-bond donors (Lipinski definition) is 0. The molecule has 0 spiro atoms. The third-order valence-corrected chi connectivity index (χ3v) is 3.70. The number of nitrogens with zero attached hydrogens (tertiary/aromatic N) is 2. The SMILES string of the molecule is Cc1ccc(C(=O)c2c(Cl)cnn2C(C)C)s1. The van der Waals surface area contributed by atoms with Crippen LogP contribution in [0.25, 0.3) is 0 Å². The monoisotopic (exact) mass is 268 g/mol. The van der Waals surface area contributed by atoms with E-state index < -0.39 is 0 Å². The molecule has 0 fully saturated rings. The Kier molecular flexibility index (Phi) is 3.35. The third-order valence-electron chi connectivity index (χ3n) is 2.42. The second kappa shape index (κ2) is 4.63. The second-order valence-corrected chi connectivity index (χ2v) is 5.81. The van der Waals surface area contributed by atoms with E-state index in [2.05, 4.69) is 5.10 Å². The van der Waals surface area contributed by atoms with Gasteiger partial charge in [-0.1, -0.05) is 11.6 Å². The fourth-order valence-electron chi connectivity index (χ4n) is 1.62. The van der Waals surface area contributed by atoms with Crippen LogP contribution in [-0.2, 0) is 0 Å². The number of hydrogen-bond acceptors (Lipinski definition) is 3. The predicted molar refractivity (Wildman–Crippen MR) is 70.1 cm³/mol. The van der Waals surface area contributed by atoms with E-state index in [1.807, 2.05) is 32.9 Å². The van der Waals surface area contributed by atoms with E-state index in [1.54, 1.807) is 4.68 Å². The normalized spacial score (nSPS) is 11.1. The van der Waals surface area contributed by atoms with Gasteiger partial charge in [0.15, 0.2) is 0 Å². The summed E-state index contributed by atoms with van der Waals surface area (Å²) in [6.45, 7) is 5.92. The van der Waals surface area contributed by atoms with Gasteiger partial charge in [-0.15, -0.1) is 11.3 Å². The molecule has 0 amide bonds. The zero-order valence-corrected chi connectivity index (χ0v) is 11.5. The molecule has 0 saturated carbocycles. The molecule has 0 aliphatic heterocycles. The Morgan fingerprint density at radius 1 is 1.47 bits per heavy atom. The second-order valence-electron chi connectivity index (χ2n) is 4.12. The quantitative estimate of drug-likeness (QED) is 0.795. The summed E-state index contributed by atoms with van der Waals surface area (Å²) in [6.07, 6.45) is 1.52. The Bertz CT molecular complexity index is 557. The van der Waals surface area contributed by atoms with Gasteiger partial charge in [-0.25, -0.2) is 0 Å². The van der Waals surface area contributed by atoms with E-state index >= 15 is 0 Å². The molecule has 0 saturated heterocycles. The first-order valence-corrected chi connectivity index (χ1v) is 6.54. The van der Waals surface area contributed by atoms with Crippen LogP contribution in [0.4, 0.5) is 0 Å². The third kappa shape index (κ3) is 2.28. The van der Waals surface area contributed by atoms with Gasteiger partial charge >= 0.3 is 0 Å². The van der Waals surface area contributed by atoms with Crippen molar-refractivity contribution >= 4 is 28.7 Å². The molecule has 0 aliphatic rings. The van der Waals surface area contributed by atoms with Crippen molar-refractivity contribution in [2.24, 2.45) is 0 Å². The Morgan fingerprint density at radius 2 is 2.18 bits per heavy atom. The van der Waals surface area contributed by atoms with Crippen molar-refractivity contribution < 1.29 is 4.79 Å². The number of ketones is 1. The highest BCUT2D eigenvalue weighted by molar-refractivity contribution is 7.14. The lowest BCUT2D eigenvalue weighted by Gasteiger charge is -2.09. The average Bonchev–Trinajstić information content (AvgIpc) is 2.83. The van der Waals surface area contributed by atoms with Crippen LogP contribution in [0.3, 0.4) is 0 Å². The minimum absolute atomic E-state index is 0.0562. The molecule has 0 atom stereocenters. The number of carbonyl (C=O) groups is 1. The molecular formula is C12H13ClN2OS. The average molecular weight is 269 g/mol. The molecule has 5 heteroatoms. The summed E-state index contributed by atoms with van der Waals surface area (Å²) >= 11 is 7.51. The molecular weight excluding hydrogens is 256 g/mol. The summed E-state index contributed by atoms with van der Waals surface area (Å²) in [5, 5.41) is 4.55. The van der Waals surface area contributed by atoms with Crippen LogP contribution in [0, 0.1) is 6.92 Å². The molecule has 3 nitrogen and oxygen atoms in total. The van der Waals surface area contributed by atoms with Crippen molar-refractivity contribution in [3.8, 4) is 0 Å². The molecule has 0 bridgehead atoms. The minimum atomic E-state index is -0.0562. The lowest BCUT2D eigenvalue weighted by Crippen LogP contribution is -2.13. The van der Waals surface area contributed by atoms with Crippen LogP contribution in [-0.4, -0.2) is 15.6 Å². The van der Waals surface area contributed by atoms with Gasteiger partial charge in [-0.05, 0) is 32.9 Å². The van der Waals surface area contributed by atoms with Gasteiger partial charge in [0.05, 0.1) is 16.1 Å². The van der Waals surface area contributed by atoms with Crippen LogP contribution in [0.2, 0.25) is 5.02 Å². The topological polar surface area (TPSA) is 34.9 Å². The summed E-state index contributed by atoms with van der Waals surface area (Å²) in [6, 6.07) is 3.88. The number of rotatable bonds is 3. The van der Waals surface area contributed by atoms with Gasteiger partial charge < -0.3 is 0 Å². The zero-order chi connectivity index (χ0) is 12.6. The zero-order valence-electron chi connectivity index (χ0n) is 9.90. The standard InChI is InChI=1S/C12H13ClN2OS/c1-7(2)15-11(9(13)6-14-15)12(16)10-5-4-8(3)17-10/h4-7H,1-3H3. The van der Waals surface area contributed by atoms with E-state index in [4.69, 9.17) is 11.6 Å². The van der Waals surface area contributed by atoms with Crippen LogP contribution < -0.4 is 0 Å². The number of carbonyl (C=O) groups excluding carboxylic acids is 1. The lowest BCUT2D eigenvalue weighted by atomic mass is 10.2. The molecule has 0 N–H and O–H groups in total. The van der Waals surface area contributed by atoms with E-state index in [0.29, 0.717) is 15.6 Å². The van der Waals surface area contributed by atoms with Gasteiger partial charge in [-0.3, -0.25) is 9.48 Å². The highest BCUT2D eigenvalue weighted by Gasteiger charge is 2.21. The van der Waals surface area contributed by atoms with Gasteiger partial charge in [0, 0.05) is 10.9 Å². The van der Waals surface area contributed by atoms with Crippen LogP contribution >= 0.6 is 22.9 Å². The maximum atomic E-state index is 12.3. The van der Waals surface area contributed by atoms with Gasteiger partial charge in [0.25, 0.3) is 0 Å². The predicted octanol–water partition coefficient (Wildman–Crippen LogP) is 3.72. The largest absolute Gasteiger partial charge is 0.286 e. The molecule has 0 unspecified atom stereocenters. The molecule has 0 aliphatic carbocycles. The molecule has 0 aromatic carbocycles. The van der Waals surface area contributed by atoms with Crippen molar-refractivity contribution in [3.05, 3.63) is 38.8 Å². The van der Waals surface area contributed by atoms with E-state index in [1.165, 1.54) is 17.5 Å². The highest BCUT2D eigenvalue weighted by atomic mass is 35.5. The summed E-state index contributed by atoms with van der Waals surface area (Å²) in [5.74, 6) is -0.0562. The van der Waals surface area contributed by atoms with Crippen molar-refractivity contribution in [2.75, 3.05) is 0 Å². The molecule has 2 aromatic heterocycles. The first-order valence-electron chi connectivity index (χ1n) is 5.35. The van der Waals surface area contributed by atoms with Crippen LogP contribution in [0.5, 0.6) is 0 Å². The summed E-state index contributed by atoms with van der Waals surface area (Å²) in [5.41, 5.74) is 0.475. The van der Waals surface area contributed by atoms with Gasteiger partial charge in [0.1, 0.15) is 5.69 Å². The lowest BCUT2D eigenvalue weighted by molar-refractivity contribution is 0.103. The minimum Gasteiger partial charge on any atom is -0.286 e. The molecule has 2 heterocycles. The molecule has 2 rings (SSSR count). The van der Waals surface area contributed by atoms with Crippen molar-refractivity contribution in [1.82, 2.24) is 9.78 Å². The van der Waals surface area contributed by atoms with E-state index in [-0.39, 0.29) is 11.8 Å². The summed E-state index contributed by atoms with van der Waals surface area (Å²) in [4.78, 5) is 14.1. The Balaban J connectivity index is 2.47. The Morgan fingerprint density at radius 3 is 2.71 bits per heavy atom. The van der Waals surface area contributed by atoms with Gasteiger partial charge in [0.2, 0.25) is 5.78 Å². The van der Waals surface area contributed by atoms with Crippen LogP contribution in [0.1, 0.15) is 40.1 Å². The van der Waals surface area contributed by atoms with E-state index in [9.17, 15) is 4.79 Å². The van der Waals surface area contributed by atoms with E-state index in [0.717, 1.165) is 4.88 Å². The molecule has 0 radical (unpaired) electrons. The molecule has 90 valence electrons. The smallest absolute Gasteiger partial charge is 0.222 e. The van der Waals surface area contributed by atoms with Crippen molar-refractivity contribution in [1.29, 1.82) is 0 Å². The maximum Gasteiger partial charge on any atom is 0.222 e. The van der Waals surface area contributed by atoms with Crippen molar-refractivity contribution in [2.45, 2.75) is 26.8 Å². The highest BCUT2D eigenvalue weighted by Crippen LogP contribution is 2.25. The Hall–Kier alpha value is -1.13. The fraction of sp³-hybridized carbons (Fsp3) is 0.333. The maximum absolute atomic E-state index is 12.3. The van der Waals surface area contributed by atoms with Gasteiger partial charge in [-0.2, -0.15) is 5.10 Å². The fourth-order valence-corrected chi connectivity index (χ4v) is 2.64. The molecule has 2 aromatic rings. The van der Waals surface area contributed by atoms with Crippen molar-refractivity contribution in [3.63, 3.8) is 0 Å². The summed E-state index contributed by atoms with van der Waals surface area (Å²) < 4.78 is 1.67.